The molecule has 25 heavy (non-hydrogen) atoms. The van der Waals surface area contributed by atoms with Gasteiger partial charge in [0.05, 0.1) is 12.3 Å². The summed E-state index contributed by atoms with van der Waals surface area (Å²) in [6.07, 6.45) is 16.7. The first kappa shape index (κ1) is 18.1. The van der Waals surface area contributed by atoms with Crippen molar-refractivity contribution in [2.75, 3.05) is 30.5 Å². The summed E-state index contributed by atoms with van der Waals surface area (Å²) in [5.41, 5.74) is 2.61. The van der Waals surface area contributed by atoms with Gasteiger partial charge in [-0.05, 0) is 56.9 Å². The van der Waals surface area contributed by atoms with Crippen LogP contribution in [0.5, 0.6) is 0 Å². The molecule has 0 bridgehead atoms. The van der Waals surface area contributed by atoms with Crippen LogP contribution in [0.25, 0.3) is 0 Å². The maximum Gasteiger partial charge on any atom is 0.118 e. The van der Waals surface area contributed by atoms with E-state index >= 15 is 0 Å². The first-order valence-electron chi connectivity index (χ1n) is 9.09. The van der Waals surface area contributed by atoms with Crippen molar-refractivity contribution in [3.8, 4) is 0 Å². The molecule has 0 aromatic carbocycles. The SMILES string of the molecule is CC1=CC=C(OCCCCCN2CCN(c3ccncc3)S2)C=CC1. The van der Waals surface area contributed by atoms with E-state index in [1.54, 1.807) is 0 Å². The number of hydrogen-bond donors (Lipinski definition) is 0. The Bertz CT molecular complexity index is 627. The molecule has 1 fully saturated rings. The molecule has 0 unspecified atom stereocenters. The Balaban J connectivity index is 1.27. The Labute approximate surface area is 155 Å². The van der Waals surface area contributed by atoms with Gasteiger partial charge >= 0.3 is 0 Å². The van der Waals surface area contributed by atoms with Crippen LogP contribution in [0.4, 0.5) is 5.69 Å². The Morgan fingerprint density at radius 1 is 1.12 bits per heavy atom. The van der Waals surface area contributed by atoms with E-state index in [1.165, 1.54) is 24.1 Å². The average Bonchev–Trinajstić information content (AvgIpc) is 3.02. The van der Waals surface area contributed by atoms with Gasteiger partial charge in [-0.25, -0.2) is 4.31 Å². The highest BCUT2D eigenvalue weighted by Gasteiger charge is 2.21. The number of unbranched alkanes of at least 4 members (excludes halogenated alkanes) is 2. The van der Waals surface area contributed by atoms with Crippen LogP contribution in [0, 0.1) is 0 Å². The zero-order chi connectivity index (χ0) is 17.3. The molecular formula is C20H27N3OS. The molecule has 1 aromatic rings. The van der Waals surface area contributed by atoms with Crippen molar-refractivity contribution in [1.82, 2.24) is 9.29 Å². The lowest BCUT2D eigenvalue weighted by Gasteiger charge is -2.17. The Morgan fingerprint density at radius 3 is 2.88 bits per heavy atom. The maximum atomic E-state index is 5.85. The van der Waals surface area contributed by atoms with Crippen LogP contribution < -0.4 is 4.31 Å². The zero-order valence-corrected chi connectivity index (χ0v) is 15.8. The molecule has 1 aromatic heterocycles. The van der Waals surface area contributed by atoms with Crippen molar-refractivity contribution >= 4 is 17.8 Å². The highest BCUT2D eigenvalue weighted by atomic mass is 32.2. The van der Waals surface area contributed by atoms with E-state index in [4.69, 9.17) is 4.74 Å². The van der Waals surface area contributed by atoms with Crippen LogP contribution in [-0.2, 0) is 4.74 Å². The minimum atomic E-state index is 0.805. The predicted molar refractivity (Wildman–Crippen MR) is 106 cm³/mol. The molecule has 5 heteroatoms. The van der Waals surface area contributed by atoms with Crippen LogP contribution in [0.15, 0.2) is 60.2 Å². The molecule has 2 aliphatic rings. The minimum absolute atomic E-state index is 0.805. The van der Waals surface area contributed by atoms with Crippen molar-refractivity contribution in [2.24, 2.45) is 0 Å². The van der Waals surface area contributed by atoms with Gasteiger partial charge in [0.15, 0.2) is 0 Å². The van der Waals surface area contributed by atoms with E-state index < -0.39 is 0 Å². The third-order valence-corrected chi connectivity index (χ3v) is 5.48. The fraction of sp³-hybridized carbons (Fsp3) is 0.450. The molecule has 0 radical (unpaired) electrons. The Morgan fingerprint density at radius 2 is 2.00 bits per heavy atom. The average molecular weight is 358 g/mol. The third kappa shape index (κ3) is 5.94. The molecule has 0 atom stereocenters. The van der Waals surface area contributed by atoms with Crippen LogP contribution in [0.3, 0.4) is 0 Å². The second-order valence-electron chi connectivity index (χ2n) is 6.42. The molecule has 1 aliphatic heterocycles. The number of ether oxygens (including phenoxy) is 1. The van der Waals surface area contributed by atoms with Gasteiger partial charge < -0.3 is 9.04 Å². The number of allylic oxidation sites excluding steroid dienone is 5. The summed E-state index contributed by atoms with van der Waals surface area (Å²) in [6.45, 7) is 6.28. The highest BCUT2D eigenvalue weighted by Crippen LogP contribution is 2.29. The largest absolute Gasteiger partial charge is 0.494 e. The molecule has 4 nitrogen and oxygen atoms in total. The van der Waals surface area contributed by atoms with Gasteiger partial charge in [-0.1, -0.05) is 17.7 Å². The summed E-state index contributed by atoms with van der Waals surface area (Å²) < 4.78 is 10.6. The van der Waals surface area contributed by atoms with Gasteiger partial charge in [-0.3, -0.25) is 4.98 Å². The standard InChI is InChI=1S/C20H27N3OS/c1-18-6-5-7-20(9-8-18)24-17-4-2-3-14-22-15-16-23(25-22)19-10-12-21-13-11-19/h5,7-13H,2-4,6,14-17H2,1H3. The number of pyridine rings is 1. The fourth-order valence-corrected chi connectivity index (χ4v) is 3.86. The molecule has 134 valence electrons. The van der Waals surface area contributed by atoms with E-state index in [9.17, 15) is 0 Å². The van der Waals surface area contributed by atoms with E-state index in [-0.39, 0.29) is 0 Å². The number of rotatable bonds is 8. The third-order valence-electron chi connectivity index (χ3n) is 4.29. The summed E-state index contributed by atoms with van der Waals surface area (Å²) in [4.78, 5) is 4.08. The predicted octanol–water partition coefficient (Wildman–Crippen LogP) is 4.74. The maximum absolute atomic E-state index is 5.85. The zero-order valence-electron chi connectivity index (χ0n) is 14.9. The quantitative estimate of drug-likeness (QED) is 0.495. The topological polar surface area (TPSA) is 28.6 Å². The van der Waals surface area contributed by atoms with Crippen LogP contribution in [0.1, 0.15) is 32.6 Å². The molecule has 2 heterocycles. The van der Waals surface area contributed by atoms with Gasteiger partial charge in [0.25, 0.3) is 0 Å². The van der Waals surface area contributed by atoms with Crippen molar-refractivity contribution in [2.45, 2.75) is 32.6 Å². The second kappa shape index (κ2) is 9.68. The van der Waals surface area contributed by atoms with E-state index in [0.717, 1.165) is 44.8 Å². The summed E-state index contributed by atoms with van der Waals surface area (Å²) in [7, 11) is 0. The smallest absolute Gasteiger partial charge is 0.118 e. The monoisotopic (exact) mass is 357 g/mol. The Hall–Kier alpha value is -1.72. The number of nitrogens with zero attached hydrogens (tertiary/aromatic N) is 3. The second-order valence-corrected chi connectivity index (χ2v) is 7.54. The lowest BCUT2D eigenvalue weighted by Crippen LogP contribution is -2.14. The van der Waals surface area contributed by atoms with Crippen molar-refractivity contribution in [1.29, 1.82) is 0 Å². The number of anilines is 1. The lowest BCUT2D eigenvalue weighted by molar-refractivity contribution is 0.216. The van der Waals surface area contributed by atoms with Gasteiger partial charge in [0.1, 0.15) is 5.76 Å². The first-order chi connectivity index (χ1) is 12.3. The normalized spacial score (nSPS) is 18.0. The highest BCUT2D eigenvalue weighted by molar-refractivity contribution is 7.98. The fourth-order valence-electron chi connectivity index (χ4n) is 2.82. The van der Waals surface area contributed by atoms with Crippen molar-refractivity contribution in [3.05, 3.63) is 60.2 Å². The summed E-state index contributed by atoms with van der Waals surface area (Å²) in [5.74, 6) is 0.986. The minimum Gasteiger partial charge on any atom is -0.494 e. The summed E-state index contributed by atoms with van der Waals surface area (Å²) in [6, 6.07) is 4.14. The summed E-state index contributed by atoms with van der Waals surface area (Å²) in [5, 5.41) is 0. The van der Waals surface area contributed by atoms with E-state index in [0.29, 0.717) is 0 Å². The molecule has 3 rings (SSSR count). The number of hydrogen-bond acceptors (Lipinski definition) is 5. The Kier molecular flexibility index (Phi) is 7.00. The van der Waals surface area contributed by atoms with Crippen LogP contribution in [0.2, 0.25) is 0 Å². The molecule has 0 amide bonds. The van der Waals surface area contributed by atoms with Crippen molar-refractivity contribution < 1.29 is 4.74 Å². The molecule has 0 spiro atoms. The van der Waals surface area contributed by atoms with E-state index in [1.807, 2.05) is 24.5 Å². The molecule has 0 saturated carbocycles. The van der Waals surface area contributed by atoms with E-state index in [2.05, 4.69) is 57.0 Å². The first-order valence-corrected chi connectivity index (χ1v) is 9.82. The van der Waals surface area contributed by atoms with Gasteiger partial charge in [-0.15, -0.1) is 0 Å². The molecular weight excluding hydrogens is 330 g/mol. The van der Waals surface area contributed by atoms with Crippen molar-refractivity contribution in [3.63, 3.8) is 0 Å². The molecule has 0 N–H and O–H groups in total. The van der Waals surface area contributed by atoms with Crippen LogP contribution >= 0.6 is 12.1 Å². The van der Waals surface area contributed by atoms with Gasteiger partial charge in [0.2, 0.25) is 0 Å². The van der Waals surface area contributed by atoms with Gasteiger partial charge in [-0.2, -0.15) is 0 Å². The molecule has 1 aliphatic carbocycles. The van der Waals surface area contributed by atoms with Gasteiger partial charge in [0, 0.05) is 44.2 Å². The van der Waals surface area contributed by atoms with Crippen LogP contribution in [-0.4, -0.2) is 35.5 Å². The lowest BCUT2D eigenvalue weighted by atomic mass is 10.2. The number of aromatic nitrogens is 1. The summed E-state index contributed by atoms with van der Waals surface area (Å²) >= 11 is 1.84. The molecule has 1 saturated heterocycles.